The Kier molecular flexibility index (Phi) is 3.00. The topological polar surface area (TPSA) is 26.2 Å². The Morgan fingerprint density at radius 1 is 1.39 bits per heavy atom. The maximum Gasteiger partial charge on any atom is 0.143 e. The van der Waals surface area contributed by atoms with E-state index in [1.165, 1.54) is 29.4 Å². The highest BCUT2D eigenvalue weighted by atomic mass is 16.5. The molecule has 1 atom stereocenters. The van der Waals surface area contributed by atoms with Crippen LogP contribution in [0.3, 0.4) is 0 Å². The minimum atomic E-state index is 0.626. The Hall–Kier alpha value is -1.48. The molecule has 0 spiro atoms. The van der Waals surface area contributed by atoms with Gasteiger partial charge >= 0.3 is 0 Å². The van der Waals surface area contributed by atoms with Gasteiger partial charge in [-0.15, -0.1) is 0 Å². The molecule has 1 aromatic heterocycles. The first-order valence-corrected chi connectivity index (χ1v) is 6.64. The number of aromatic nitrogens is 1. The third-order valence-corrected chi connectivity index (χ3v) is 3.99. The fourth-order valence-corrected chi connectivity index (χ4v) is 3.06. The van der Waals surface area contributed by atoms with Gasteiger partial charge < -0.3 is 14.6 Å². The summed E-state index contributed by atoms with van der Waals surface area (Å²) in [6.45, 7) is 2.25. The van der Waals surface area contributed by atoms with Crippen molar-refractivity contribution in [3.63, 3.8) is 0 Å². The molecule has 3 nitrogen and oxygen atoms in total. The fraction of sp³-hybridized carbons (Fsp3) is 0.467. The Bertz CT molecular complexity index is 553. The van der Waals surface area contributed by atoms with E-state index in [0.717, 1.165) is 18.8 Å². The van der Waals surface area contributed by atoms with Crippen LogP contribution in [0, 0.1) is 0 Å². The molecule has 1 saturated heterocycles. The summed E-state index contributed by atoms with van der Waals surface area (Å²) in [4.78, 5) is 0. The van der Waals surface area contributed by atoms with Crippen molar-refractivity contribution in [2.45, 2.75) is 18.8 Å². The zero-order valence-corrected chi connectivity index (χ0v) is 11.1. The molecule has 0 amide bonds. The SMILES string of the molecule is COc1cccc2cc(C3CCCNC3)n(C)c12. The van der Waals surface area contributed by atoms with Gasteiger partial charge in [-0.05, 0) is 31.5 Å². The third kappa shape index (κ3) is 1.79. The molecule has 1 unspecified atom stereocenters. The summed E-state index contributed by atoms with van der Waals surface area (Å²) in [6, 6.07) is 8.57. The molecule has 1 aromatic carbocycles. The second kappa shape index (κ2) is 4.65. The third-order valence-electron chi connectivity index (χ3n) is 3.99. The van der Waals surface area contributed by atoms with Crippen molar-refractivity contribution >= 4 is 10.9 Å². The maximum absolute atomic E-state index is 5.47. The van der Waals surface area contributed by atoms with Gasteiger partial charge in [0.15, 0.2) is 0 Å². The molecule has 2 aromatic rings. The highest BCUT2D eigenvalue weighted by molar-refractivity contribution is 5.87. The van der Waals surface area contributed by atoms with Crippen LogP contribution in [-0.2, 0) is 7.05 Å². The standard InChI is InChI=1S/C15H20N2O/c1-17-13(12-6-4-8-16-10-12)9-11-5-3-7-14(18-2)15(11)17/h3,5,7,9,12,16H,4,6,8,10H2,1-2H3. The fourth-order valence-electron chi connectivity index (χ4n) is 3.06. The van der Waals surface area contributed by atoms with Gasteiger partial charge in [0.1, 0.15) is 5.75 Å². The number of piperidine rings is 1. The quantitative estimate of drug-likeness (QED) is 0.879. The van der Waals surface area contributed by atoms with Crippen molar-refractivity contribution in [3.8, 4) is 5.75 Å². The number of hydrogen-bond donors (Lipinski definition) is 1. The molecular formula is C15H20N2O. The molecule has 1 aliphatic rings. The predicted molar refractivity (Wildman–Crippen MR) is 74.3 cm³/mol. The smallest absolute Gasteiger partial charge is 0.143 e. The zero-order valence-electron chi connectivity index (χ0n) is 11.1. The van der Waals surface area contributed by atoms with Crippen LogP contribution in [0.25, 0.3) is 10.9 Å². The highest BCUT2D eigenvalue weighted by Gasteiger charge is 2.20. The van der Waals surface area contributed by atoms with Crippen LogP contribution in [0.15, 0.2) is 24.3 Å². The van der Waals surface area contributed by atoms with Crippen LogP contribution in [0.1, 0.15) is 24.5 Å². The number of aryl methyl sites for hydroxylation is 1. The second-order valence-electron chi connectivity index (χ2n) is 5.07. The largest absolute Gasteiger partial charge is 0.495 e. The average Bonchev–Trinajstić information content (AvgIpc) is 2.77. The van der Waals surface area contributed by atoms with E-state index >= 15 is 0 Å². The summed E-state index contributed by atoms with van der Waals surface area (Å²) >= 11 is 0. The molecule has 0 aliphatic carbocycles. The Balaban J connectivity index is 2.10. The Labute approximate surface area is 108 Å². The van der Waals surface area contributed by atoms with E-state index in [-0.39, 0.29) is 0 Å². The first-order chi connectivity index (χ1) is 8.81. The van der Waals surface area contributed by atoms with Crippen molar-refractivity contribution in [2.24, 2.45) is 7.05 Å². The van der Waals surface area contributed by atoms with E-state index < -0.39 is 0 Å². The van der Waals surface area contributed by atoms with Crippen molar-refractivity contribution in [1.29, 1.82) is 0 Å². The average molecular weight is 244 g/mol. The van der Waals surface area contributed by atoms with Gasteiger partial charge in [-0.1, -0.05) is 12.1 Å². The number of fused-ring (bicyclic) bond motifs is 1. The van der Waals surface area contributed by atoms with Gasteiger partial charge in [-0.25, -0.2) is 0 Å². The number of ether oxygens (including phenoxy) is 1. The van der Waals surface area contributed by atoms with Crippen molar-refractivity contribution in [3.05, 3.63) is 30.0 Å². The second-order valence-corrected chi connectivity index (χ2v) is 5.07. The summed E-state index contributed by atoms with van der Waals surface area (Å²) in [6.07, 6.45) is 2.54. The van der Waals surface area contributed by atoms with Gasteiger partial charge in [0.2, 0.25) is 0 Å². The molecule has 18 heavy (non-hydrogen) atoms. The van der Waals surface area contributed by atoms with Gasteiger partial charge in [-0.3, -0.25) is 0 Å². The molecule has 3 heteroatoms. The van der Waals surface area contributed by atoms with Crippen LogP contribution in [0.4, 0.5) is 0 Å². The van der Waals surface area contributed by atoms with E-state index in [1.807, 2.05) is 6.07 Å². The van der Waals surface area contributed by atoms with Crippen LogP contribution >= 0.6 is 0 Å². The molecule has 1 N–H and O–H groups in total. The number of para-hydroxylation sites is 1. The van der Waals surface area contributed by atoms with Crippen LogP contribution in [0.5, 0.6) is 5.75 Å². The van der Waals surface area contributed by atoms with E-state index in [2.05, 4.69) is 35.1 Å². The lowest BCUT2D eigenvalue weighted by atomic mass is 9.96. The van der Waals surface area contributed by atoms with E-state index in [9.17, 15) is 0 Å². The van der Waals surface area contributed by atoms with Crippen LogP contribution < -0.4 is 10.1 Å². The van der Waals surface area contributed by atoms with Gasteiger partial charge in [0, 0.05) is 30.6 Å². The van der Waals surface area contributed by atoms with E-state index in [4.69, 9.17) is 4.74 Å². The molecule has 96 valence electrons. The molecule has 0 saturated carbocycles. The highest BCUT2D eigenvalue weighted by Crippen LogP contribution is 2.33. The molecule has 1 fully saturated rings. The first-order valence-electron chi connectivity index (χ1n) is 6.64. The van der Waals surface area contributed by atoms with Gasteiger partial charge in [0.25, 0.3) is 0 Å². The molecule has 0 bridgehead atoms. The predicted octanol–water partition coefficient (Wildman–Crippen LogP) is 2.65. The Morgan fingerprint density at radius 2 is 2.28 bits per heavy atom. The van der Waals surface area contributed by atoms with Gasteiger partial charge in [-0.2, -0.15) is 0 Å². The molecular weight excluding hydrogens is 224 g/mol. The molecule has 2 heterocycles. The number of benzene rings is 1. The van der Waals surface area contributed by atoms with Gasteiger partial charge in [0.05, 0.1) is 12.6 Å². The molecule has 1 aliphatic heterocycles. The van der Waals surface area contributed by atoms with Crippen LogP contribution in [-0.4, -0.2) is 24.8 Å². The number of methoxy groups -OCH3 is 1. The summed E-state index contributed by atoms with van der Waals surface area (Å²) in [5, 5.41) is 4.76. The molecule has 3 rings (SSSR count). The summed E-state index contributed by atoms with van der Waals surface area (Å²) in [7, 11) is 3.89. The Morgan fingerprint density at radius 3 is 3.00 bits per heavy atom. The summed E-state index contributed by atoms with van der Waals surface area (Å²) < 4.78 is 7.77. The maximum atomic E-state index is 5.47. The van der Waals surface area contributed by atoms with E-state index in [1.54, 1.807) is 7.11 Å². The first kappa shape index (κ1) is 11.6. The monoisotopic (exact) mass is 244 g/mol. The number of hydrogen-bond acceptors (Lipinski definition) is 2. The minimum absolute atomic E-state index is 0.626. The summed E-state index contributed by atoms with van der Waals surface area (Å²) in [5.74, 6) is 1.59. The van der Waals surface area contributed by atoms with Crippen molar-refractivity contribution in [1.82, 2.24) is 9.88 Å². The number of nitrogens with zero attached hydrogens (tertiary/aromatic N) is 1. The van der Waals surface area contributed by atoms with Crippen molar-refractivity contribution in [2.75, 3.05) is 20.2 Å². The number of nitrogens with one attached hydrogen (secondary N) is 1. The lowest BCUT2D eigenvalue weighted by Gasteiger charge is -2.23. The zero-order chi connectivity index (χ0) is 12.5. The minimum Gasteiger partial charge on any atom is -0.495 e. The van der Waals surface area contributed by atoms with E-state index in [0.29, 0.717) is 5.92 Å². The lowest BCUT2D eigenvalue weighted by molar-refractivity contribution is 0.416. The molecule has 0 radical (unpaired) electrons. The normalized spacial score (nSPS) is 20.2. The summed E-state index contributed by atoms with van der Waals surface area (Å²) in [5.41, 5.74) is 2.63. The lowest BCUT2D eigenvalue weighted by Crippen LogP contribution is -2.29. The van der Waals surface area contributed by atoms with Crippen molar-refractivity contribution < 1.29 is 4.74 Å². The number of rotatable bonds is 2. The van der Waals surface area contributed by atoms with Crippen LogP contribution in [0.2, 0.25) is 0 Å².